The summed E-state index contributed by atoms with van der Waals surface area (Å²) in [6.07, 6.45) is 0. The van der Waals surface area contributed by atoms with Crippen LogP contribution in [0, 0.1) is 0 Å². The number of aromatic nitrogens is 2. The van der Waals surface area contributed by atoms with E-state index in [2.05, 4.69) is 20.8 Å². The van der Waals surface area contributed by atoms with Crippen molar-refractivity contribution < 1.29 is 23.8 Å². The molecule has 0 fully saturated rings. The summed E-state index contributed by atoms with van der Waals surface area (Å²) in [6.45, 7) is 2.30. The summed E-state index contributed by atoms with van der Waals surface area (Å²) in [6, 6.07) is 12.1. The van der Waals surface area contributed by atoms with E-state index < -0.39 is 0 Å². The van der Waals surface area contributed by atoms with Crippen LogP contribution < -0.4 is 24.8 Å². The van der Waals surface area contributed by atoms with Gasteiger partial charge in [-0.25, -0.2) is 0 Å². The predicted molar refractivity (Wildman–Crippen MR) is 124 cm³/mol. The second kappa shape index (κ2) is 11.3. The fourth-order valence-electron chi connectivity index (χ4n) is 2.63. The van der Waals surface area contributed by atoms with E-state index in [-0.39, 0.29) is 17.6 Å². The minimum absolute atomic E-state index is 0.116. The molecule has 0 saturated carbocycles. The van der Waals surface area contributed by atoms with Crippen LogP contribution >= 0.6 is 23.1 Å². The van der Waals surface area contributed by atoms with Gasteiger partial charge in [0, 0.05) is 6.07 Å². The molecule has 2 N–H and O–H groups in total. The average Bonchev–Trinajstić information content (AvgIpc) is 3.25. The number of carbonyl (C=O) groups is 2. The molecular weight excluding hydrogens is 452 g/mol. The molecular formula is C21H22N4O5S2. The Bertz CT molecular complexity index is 1090. The van der Waals surface area contributed by atoms with E-state index in [4.69, 9.17) is 14.2 Å². The Labute approximate surface area is 193 Å². The number of hydrogen-bond donors (Lipinski definition) is 2. The van der Waals surface area contributed by atoms with Gasteiger partial charge in [-0.15, -0.1) is 10.2 Å². The van der Waals surface area contributed by atoms with Gasteiger partial charge < -0.3 is 19.5 Å². The summed E-state index contributed by atoms with van der Waals surface area (Å²) in [4.78, 5) is 24.9. The van der Waals surface area contributed by atoms with Crippen LogP contribution in [0.4, 0.5) is 10.8 Å². The fraction of sp³-hybridized carbons (Fsp3) is 0.238. The zero-order valence-corrected chi connectivity index (χ0v) is 19.3. The van der Waals surface area contributed by atoms with Gasteiger partial charge in [-0.3, -0.25) is 14.9 Å². The number of para-hydroxylation sites is 1. The third-order valence-electron chi connectivity index (χ3n) is 4.07. The second-order valence-corrected chi connectivity index (χ2v) is 8.36. The number of anilines is 2. The highest BCUT2D eigenvalue weighted by molar-refractivity contribution is 8.01. The van der Waals surface area contributed by atoms with E-state index >= 15 is 0 Å². The number of nitrogens with one attached hydrogen (secondary N) is 2. The first-order chi connectivity index (χ1) is 15.5. The third-order valence-corrected chi connectivity index (χ3v) is 6.04. The van der Waals surface area contributed by atoms with Crippen molar-refractivity contribution in [1.29, 1.82) is 0 Å². The Morgan fingerprint density at radius 2 is 1.84 bits per heavy atom. The van der Waals surface area contributed by atoms with Crippen LogP contribution in [-0.4, -0.2) is 48.6 Å². The molecule has 11 heteroatoms. The number of nitrogens with zero attached hydrogens (tertiary/aromatic N) is 2. The van der Waals surface area contributed by atoms with Gasteiger partial charge in [-0.1, -0.05) is 35.2 Å². The van der Waals surface area contributed by atoms with Crippen LogP contribution in [0.25, 0.3) is 0 Å². The molecule has 0 spiro atoms. The number of benzene rings is 2. The van der Waals surface area contributed by atoms with Crippen LogP contribution in [0.15, 0.2) is 46.8 Å². The van der Waals surface area contributed by atoms with Crippen LogP contribution in [0.5, 0.6) is 17.2 Å². The standard InChI is InChI=1S/C21H22N4O5S2/c1-4-30-16-8-6-5-7-14(16)19(27)23-20-24-25-21(32-20)31-12-18(26)22-15-10-9-13(28-2)11-17(15)29-3/h5-11H,4,12H2,1-3H3,(H,22,26)(H,23,24,27). The van der Waals surface area contributed by atoms with Gasteiger partial charge in [0.1, 0.15) is 17.2 Å². The lowest BCUT2D eigenvalue weighted by atomic mass is 10.2. The van der Waals surface area contributed by atoms with E-state index in [0.29, 0.717) is 44.6 Å². The summed E-state index contributed by atoms with van der Waals surface area (Å²) in [5.74, 6) is 1.16. The monoisotopic (exact) mass is 474 g/mol. The first-order valence-corrected chi connectivity index (χ1v) is 11.4. The summed E-state index contributed by atoms with van der Waals surface area (Å²) in [7, 11) is 3.07. The number of hydrogen-bond acceptors (Lipinski definition) is 9. The van der Waals surface area contributed by atoms with Gasteiger partial charge >= 0.3 is 0 Å². The number of methoxy groups -OCH3 is 2. The quantitative estimate of drug-likeness (QED) is 0.336. The molecule has 3 aromatic rings. The maximum Gasteiger partial charge on any atom is 0.261 e. The molecule has 168 valence electrons. The maximum absolute atomic E-state index is 12.6. The highest BCUT2D eigenvalue weighted by atomic mass is 32.2. The summed E-state index contributed by atoms with van der Waals surface area (Å²) in [5.41, 5.74) is 0.948. The molecule has 1 heterocycles. The summed E-state index contributed by atoms with van der Waals surface area (Å²) in [5, 5.41) is 13.8. The van der Waals surface area contributed by atoms with Crippen molar-refractivity contribution in [1.82, 2.24) is 10.2 Å². The first-order valence-electron chi connectivity index (χ1n) is 9.55. The number of rotatable bonds is 10. The van der Waals surface area contributed by atoms with Crippen molar-refractivity contribution >= 4 is 45.7 Å². The molecule has 0 saturated heterocycles. The molecule has 2 aromatic carbocycles. The molecule has 0 atom stereocenters. The Morgan fingerprint density at radius 3 is 2.59 bits per heavy atom. The second-order valence-electron chi connectivity index (χ2n) is 6.16. The lowest BCUT2D eigenvalue weighted by molar-refractivity contribution is -0.113. The van der Waals surface area contributed by atoms with Gasteiger partial charge in [0.05, 0.1) is 37.8 Å². The Hall–Kier alpha value is -3.31. The molecule has 0 unspecified atom stereocenters. The third kappa shape index (κ3) is 6.11. The van der Waals surface area contributed by atoms with Gasteiger partial charge in [0.15, 0.2) is 4.34 Å². The normalized spacial score (nSPS) is 10.3. The van der Waals surface area contributed by atoms with Crippen molar-refractivity contribution in [3.63, 3.8) is 0 Å². The molecule has 0 bridgehead atoms. The Balaban J connectivity index is 1.55. The molecule has 3 rings (SSSR count). The van der Waals surface area contributed by atoms with Gasteiger partial charge in [-0.2, -0.15) is 0 Å². The topological polar surface area (TPSA) is 112 Å². The SMILES string of the molecule is CCOc1ccccc1C(=O)Nc1nnc(SCC(=O)Nc2ccc(OC)cc2OC)s1. The summed E-state index contributed by atoms with van der Waals surface area (Å²) >= 11 is 2.40. The van der Waals surface area contributed by atoms with Gasteiger partial charge in [0.2, 0.25) is 11.0 Å². The smallest absolute Gasteiger partial charge is 0.261 e. The molecule has 1 aromatic heterocycles. The number of carbonyl (C=O) groups excluding carboxylic acids is 2. The first kappa shape index (κ1) is 23.4. The molecule has 2 amide bonds. The minimum Gasteiger partial charge on any atom is -0.497 e. The molecule has 0 aliphatic carbocycles. The summed E-state index contributed by atoms with van der Waals surface area (Å²) < 4.78 is 16.5. The molecule has 0 aliphatic rings. The Kier molecular flexibility index (Phi) is 8.28. The van der Waals surface area contributed by atoms with Crippen molar-refractivity contribution in [2.45, 2.75) is 11.3 Å². The van der Waals surface area contributed by atoms with Gasteiger partial charge in [-0.05, 0) is 31.2 Å². The lowest BCUT2D eigenvalue weighted by Gasteiger charge is -2.11. The zero-order valence-electron chi connectivity index (χ0n) is 17.7. The molecule has 32 heavy (non-hydrogen) atoms. The average molecular weight is 475 g/mol. The van der Waals surface area contributed by atoms with Crippen molar-refractivity contribution in [2.75, 3.05) is 37.2 Å². The maximum atomic E-state index is 12.6. The molecule has 9 nitrogen and oxygen atoms in total. The number of ether oxygens (including phenoxy) is 3. The van der Waals surface area contributed by atoms with Crippen LogP contribution in [-0.2, 0) is 4.79 Å². The zero-order chi connectivity index (χ0) is 22.9. The number of thioether (sulfide) groups is 1. The van der Waals surface area contributed by atoms with Crippen molar-refractivity contribution in [3.05, 3.63) is 48.0 Å². The van der Waals surface area contributed by atoms with Crippen LogP contribution in [0.3, 0.4) is 0 Å². The van der Waals surface area contributed by atoms with E-state index in [1.165, 1.54) is 30.2 Å². The number of amides is 2. The largest absolute Gasteiger partial charge is 0.497 e. The lowest BCUT2D eigenvalue weighted by Crippen LogP contribution is -2.14. The van der Waals surface area contributed by atoms with Crippen LogP contribution in [0.1, 0.15) is 17.3 Å². The van der Waals surface area contributed by atoms with Crippen molar-refractivity contribution in [2.24, 2.45) is 0 Å². The predicted octanol–water partition coefficient (Wildman–Crippen LogP) is 3.94. The van der Waals surface area contributed by atoms with Gasteiger partial charge in [0.25, 0.3) is 5.91 Å². The highest BCUT2D eigenvalue weighted by Gasteiger charge is 2.16. The molecule has 0 aliphatic heterocycles. The Morgan fingerprint density at radius 1 is 1.03 bits per heavy atom. The molecule has 0 radical (unpaired) electrons. The van der Waals surface area contributed by atoms with E-state index in [0.717, 1.165) is 0 Å². The van der Waals surface area contributed by atoms with E-state index in [9.17, 15) is 9.59 Å². The van der Waals surface area contributed by atoms with Crippen molar-refractivity contribution in [3.8, 4) is 17.2 Å². The minimum atomic E-state index is -0.342. The highest BCUT2D eigenvalue weighted by Crippen LogP contribution is 2.30. The van der Waals surface area contributed by atoms with E-state index in [1.54, 1.807) is 49.6 Å². The van der Waals surface area contributed by atoms with E-state index in [1.807, 2.05) is 6.92 Å². The fourth-order valence-corrected chi connectivity index (χ4v) is 4.18. The van der Waals surface area contributed by atoms with Crippen LogP contribution in [0.2, 0.25) is 0 Å².